The molecule has 1 aliphatic rings. The first-order valence-corrected chi connectivity index (χ1v) is 7.37. The molecule has 0 aromatic heterocycles. The van der Waals surface area contributed by atoms with Crippen molar-refractivity contribution >= 4 is 23.3 Å². The fraction of sp³-hybridized carbons (Fsp3) is 0.118. The lowest BCUT2D eigenvalue weighted by Crippen LogP contribution is -2.34. The van der Waals surface area contributed by atoms with Crippen LogP contribution in [0.1, 0.15) is 26.3 Å². The molecule has 2 aromatic rings. The highest BCUT2D eigenvalue weighted by atomic mass is 32.2. The van der Waals surface area contributed by atoms with Crippen LogP contribution in [0.2, 0.25) is 0 Å². The number of ether oxygens (including phenoxy) is 1. The Balaban J connectivity index is 2.20. The van der Waals surface area contributed by atoms with Gasteiger partial charge in [-0.2, -0.15) is 5.26 Å². The van der Waals surface area contributed by atoms with Crippen LogP contribution in [0.4, 0.5) is 0 Å². The summed E-state index contributed by atoms with van der Waals surface area (Å²) >= 11 is 0.691. The second kappa shape index (κ2) is 5.32. The smallest absolute Gasteiger partial charge is 0.193 e. The minimum atomic E-state index is -1.52. The average Bonchev–Trinajstić information content (AvgIpc) is 2.78. The zero-order valence-corrected chi connectivity index (χ0v) is 12.5. The first-order valence-electron chi connectivity index (χ1n) is 6.55. The third-order valence-electron chi connectivity index (χ3n) is 3.75. The van der Waals surface area contributed by atoms with Crippen molar-refractivity contribution in [3.8, 4) is 11.2 Å². The number of rotatable bonds is 3. The number of hydrogen-bond acceptors (Lipinski definition) is 5. The van der Waals surface area contributed by atoms with E-state index in [4.69, 9.17) is 10.00 Å². The first-order chi connectivity index (χ1) is 10.6. The Labute approximate surface area is 131 Å². The van der Waals surface area contributed by atoms with Gasteiger partial charge in [-0.3, -0.25) is 9.59 Å². The number of hydrogen-bond donors (Lipinski definition) is 0. The fourth-order valence-corrected chi connectivity index (χ4v) is 3.47. The molecule has 5 heteroatoms. The number of methoxy groups -OCH3 is 1. The topological polar surface area (TPSA) is 67.2 Å². The molecule has 0 amide bonds. The van der Waals surface area contributed by atoms with Crippen LogP contribution in [-0.2, 0) is 4.75 Å². The monoisotopic (exact) mass is 309 g/mol. The second-order valence-corrected chi connectivity index (χ2v) is 5.81. The third-order valence-corrected chi connectivity index (χ3v) is 4.76. The lowest BCUT2D eigenvalue weighted by atomic mass is 9.93. The van der Waals surface area contributed by atoms with Crippen LogP contribution in [0.15, 0.2) is 48.5 Å². The zero-order valence-electron chi connectivity index (χ0n) is 11.7. The van der Waals surface area contributed by atoms with Gasteiger partial charge in [0.15, 0.2) is 16.3 Å². The predicted molar refractivity (Wildman–Crippen MR) is 83.0 cm³/mol. The van der Waals surface area contributed by atoms with Gasteiger partial charge < -0.3 is 4.74 Å². The summed E-state index contributed by atoms with van der Waals surface area (Å²) in [5.41, 5.74) is 1.23. The molecule has 0 N–H and O–H groups in total. The number of fused-ring (bicyclic) bond motifs is 1. The molecule has 0 unspecified atom stereocenters. The van der Waals surface area contributed by atoms with Crippen LogP contribution in [0, 0.1) is 10.7 Å². The quantitative estimate of drug-likeness (QED) is 0.643. The van der Waals surface area contributed by atoms with Crippen molar-refractivity contribution in [1.29, 1.82) is 5.26 Å². The van der Waals surface area contributed by atoms with Gasteiger partial charge in [-0.05, 0) is 29.5 Å². The Morgan fingerprint density at radius 2 is 1.55 bits per heavy atom. The predicted octanol–water partition coefficient (Wildman–Crippen LogP) is 3.18. The zero-order chi connectivity index (χ0) is 15.7. The van der Waals surface area contributed by atoms with Gasteiger partial charge in [-0.15, -0.1) is 0 Å². The maximum atomic E-state index is 12.8. The Bertz CT molecular complexity index is 770. The number of nitriles is 1. The van der Waals surface area contributed by atoms with Gasteiger partial charge in [0, 0.05) is 11.1 Å². The maximum absolute atomic E-state index is 12.8. The van der Waals surface area contributed by atoms with E-state index in [1.54, 1.807) is 48.5 Å². The number of nitrogens with zero attached hydrogens (tertiary/aromatic N) is 1. The molecule has 4 nitrogen and oxygen atoms in total. The molecule has 0 aliphatic heterocycles. The van der Waals surface area contributed by atoms with E-state index in [1.807, 2.05) is 5.40 Å². The number of carbonyl (C=O) groups excluding carboxylic acids is 2. The summed E-state index contributed by atoms with van der Waals surface area (Å²) < 4.78 is 3.58. The van der Waals surface area contributed by atoms with Crippen LogP contribution in [0.25, 0.3) is 0 Å². The van der Waals surface area contributed by atoms with E-state index in [0.29, 0.717) is 34.2 Å². The molecular weight excluding hydrogens is 298 g/mol. The van der Waals surface area contributed by atoms with Gasteiger partial charge in [0.05, 0.1) is 7.11 Å². The summed E-state index contributed by atoms with van der Waals surface area (Å²) in [4.78, 5) is 25.7. The number of thiocyanates is 1. The molecule has 0 bridgehead atoms. The Morgan fingerprint density at radius 1 is 1.00 bits per heavy atom. The molecule has 0 atom stereocenters. The van der Waals surface area contributed by atoms with Gasteiger partial charge in [0.25, 0.3) is 0 Å². The molecule has 0 heterocycles. The summed E-state index contributed by atoms with van der Waals surface area (Å²) in [6.45, 7) is 0. The highest BCUT2D eigenvalue weighted by Gasteiger charge is 2.55. The Hall–Kier alpha value is -2.58. The highest BCUT2D eigenvalue weighted by Crippen LogP contribution is 2.47. The normalized spacial score (nSPS) is 15.3. The maximum Gasteiger partial charge on any atom is 0.193 e. The van der Waals surface area contributed by atoms with E-state index in [2.05, 4.69) is 0 Å². The summed E-state index contributed by atoms with van der Waals surface area (Å²) in [6, 6.07) is 13.3. The summed E-state index contributed by atoms with van der Waals surface area (Å²) in [5, 5.41) is 11.1. The minimum Gasteiger partial charge on any atom is -0.497 e. The molecular formula is C17H11NO3S. The van der Waals surface area contributed by atoms with E-state index in [0.717, 1.165) is 0 Å². The van der Waals surface area contributed by atoms with E-state index in [-0.39, 0.29) is 11.6 Å². The average molecular weight is 309 g/mol. The molecule has 0 radical (unpaired) electrons. The van der Waals surface area contributed by atoms with Gasteiger partial charge >= 0.3 is 0 Å². The van der Waals surface area contributed by atoms with E-state index < -0.39 is 4.75 Å². The second-order valence-electron chi connectivity index (χ2n) is 4.81. The van der Waals surface area contributed by atoms with E-state index in [9.17, 15) is 9.59 Å². The van der Waals surface area contributed by atoms with Crippen molar-refractivity contribution in [3.63, 3.8) is 0 Å². The SMILES string of the molecule is COc1ccc(C2(SC#N)C(=O)c3ccccc3C2=O)cc1. The largest absolute Gasteiger partial charge is 0.497 e. The van der Waals surface area contributed by atoms with Gasteiger partial charge in [-0.1, -0.05) is 36.4 Å². The fourth-order valence-electron chi connectivity index (χ4n) is 2.67. The van der Waals surface area contributed by atoms with Crippen LogP contribution < -0.4 is 4.74 Å². The van der Waals surface area contributed by atoms with Crippen molar-refractivity contribution < 1.29 is 14.3 Å². The molecule has 22 heavy (non-hydrogen) atoms. The van der Waals surface area contributed by atoms with Gasteiger partial charge in [0.2, 0.25) is 0 Å². The van der Waals surface area contributed by atoms with E-state index >= 15 is 0 Å². The molecule has 0 fully saturated rings. The van der Waals surface area contributed by atoms with Crippen molar-refractivity contribution in [3.05, 3.63) is 65.2 Å². The molecule has 0 saturated heterocycles. The third kappa shape index (κ3) is 1.85. The summed E-state index contributed by atoms with van der Waals surface area (Å²) in [5.74, 6) is -0.0640. The first kappa shape index (κ1) is 14.4. The Kier molecular flexibility index (Phi) is 3.47. The molecule has 3 rings (SSSR count). The number of ketones is 2. The number of Topliss-reactive ketones (excluding diaryl/α,β-unsaturated/α-hetero) is 2. The summed E-state index contributed by atoms with van der Waals surface area (Å²) in [7, 11) is 1.54. The molecule has 0 spiro atoms. The molecule has 0 saturated carbocycles. The van der Waals surface area contributed by atoms with Crippen LogP contribution in [0.5, 0.6) is 5.75 Å². The molecule has 108 valence electrons. The number of carbonyl (C=O) groups is 2. The number of thioether (sulfide) groups is 1. The lowest BCUT2D eigenvalue weighted by Gasteiger charge is -2.22. The van der Waals surface area contributed by atoms with Gasteiger partial charge in [-0.25, -0.2) is 0 Å². The van der Waals surface area contributed by atoms with Crippen molar-refractivity contribution in [2.24, 2.45) is 0 Å². The Morgan fingerprint density at radius 3 is 2.00 bits per heavy atom. The van der Waals surface area contributed by atoms with Crippen LogP contribution in [0.3, 0.4) is 0 Å². The summed E-state index contributed by atoms with van der Waals surface area (Å²) in [6.07, 6.45) is 0. The van der Waals surface area contributed by atoms with E-state index in [1.165, 1.54) is 7.11 Å². The van der Waals surface area contributed by atoms with Crippen LogP contribution >= 0.6 is 11.8 Å². The van der Waals surface area contributed by atoms with Crippen molar-refractivity contribution in [2.75, 3.05) is 7.11 Å². The van der Waals surface area contributed by atoms with Gasteiger partial charge in [0.1, 0.15) is 11.2 Å². The molecule has 2 aromatic carbocycles. The standard InChI is InChI=1S/C17H11NO3S/c1-21-12-8-6-11(7-9-12)17(22-10-18)15(19)13-4-2-3-5-14(13)16(17)20/h2-9H,1H3. The highest BCUT2D eigenvalue weighted by molar-refractivity contribution is 8.06. The van der Waals surface area contributed by atoms with Crippen molar-refractivity contribution in [1.82, 2.24) is 0 Å². The minimum absolute atomic E-state index is 0.343. The molecule has 1 aliphatic carbocycles. The van der Waals surface area contributed by atoms with Crippen molar-refractivity contribution in [2.45, 2.75) is 4.75 Å². The lowest BCUT2D eigenvalue weighted by molar-refractivity contribution is 0.0867. The number of benzene rings is 2. The van der Waals surface area contributed by atoms with Crippen LogP contribution in [-0.4, -0.2) is 18.7 Å².